The Hall–Kier alpha value is -2.48. The zero-order valence-corrected chi connectivity index (χ0v) is 16.2. The van der Waals surface area contributed by atoms with Crippen molar-refractivity contribution in [2.75, 3.05) is 13.2 Å². The number of aliphatic carboxylic acids is 1. The molecule has 2 rings (SSSR count). The van der Waals surface area contributed by atoms with Crippen LogP contribution in [0.25, 0.3) is 0 Å². The molecule has 6 nitrogen and oxygen atoms in total. The lowest BCUT2D eigenvalue weighted by Gasteiger charge is -2.33. The number of amides is 1. The van der Waals surface area contributed by atoms with Gasteiger partial charge >= 0.3 is 18.0 Å². The molecule has 160 valence electrons. The van der Waals surface area contributed by atoms with Crippen molar-refractivity contribution in [1.82, 2.24) is 4.90 Å². The first kappa shape index (κ1) is 22.8. The summed E-state index contributed by atoms with van der Waals surface area (Å²) < 4.78 is 33.9. The van der Waals surface area contributed by atoms with Crippen molar-refractivity contribution >= 4 is 12.1 Å². The number of hydrogen-bond donors (Lipinski definition) is 2. The first-order valence-electron chi connectivity index (χ1n) is 9.77. The van der Waals surface area contributed by atoms with Crippen LogP contribution in [0.15, 0.2) is 42.5 Å². The van der Waals surface area contributed by atoms with E-state index >= 15 is 0 Å². The Morgan fingerprint density at radius 1 is 1.24 bits per heavy atom. The van der Waals surface area contributed by atoms with Crippen molar-refractivity contribution in [2.24, 2.45) is 0 Å². The highest BCUT2D eigenvalue weighted by Gasteiger charge is 2.39. The van der Waals surface area contributed by atoms with E-state index < -0.39 is 30.1 Å². The van der Waals surface area contributed by atoms with Gasteiger partial charge in [0.2, 0.25) is 0 Å². The van der Waals surface area contributed by atoms with Gasteiger partial charge in [0.15, 0.2) is 0 Å². The van der Waals surface area contributed by atoms with Gasteiger partial charge in [0.05, 0.1) is 12.6 Å². The molecule has 1 saturated heterocycles. The van der Waals surface area contributed by atoms with Crippen molar-refractivity contribution in [2.45, 2.75) is 56.6 Å². The van der Waals surface area contributed by atoms with Crippen LogP contribution in [0.5, 0.6) is 0 Å². The number of aliphatic hydroxyl groups excluding tert-OH is 1. The van der Waals surface area contributed by atoms with Crippen molar-refractivity contribution in [3.63, 3.8) is 0 Å². The van der Waals surface area contributed by atoms with Gasteiger partial charge in [-0.05, 0) is 12.8 Å². The monoisotopic (exact) mass is 411 g/mol. The lowest BCUT2D eigenvalue weighted by Crippen LogP contribution is -2.45. The summed E-state index contributed by atoms with van der Waals surface area (Å²) in [5.74, 6) is -4.28. The summed E-state index contributed by atoms with van der Waals surface area (Å²) in [6, 6.07) is 6.66. The van der Waals surface area contributed by atoms with Gasteiger partial charge < -0.3 is 19.8 Å². The maximum Gasteiger partial charge on any atom is 0.410 e. The van der Waals surface area contributed by atoms with Crippen molar-refractivity contribution in [3.05, 3.63) is 48.0 Å². The number of hydrogen-bond acceptors (Lipinski definition) is 4. The van der Waals surface area contributed by atoms with E-state index in [4.69, 9.17) is 9.84 Å². The third-order valence-electron chi connectivity index (χ3n) is 4.86. The number of nitrogens with zero attached hydrogens (tertiary/aromatic N) is 1. The number of aliphatic hydroxyl groups is 1. The average Bonchev–Trinajstić information content (AvgIpc) is 2.70. The fraction of sp³-hybridized carbons (Fsp3) is 0.524. The van der Waals surface area contributed by atoms with Crippen LogP contribution in [0.3, 0.4) is 0 Å². The molecule has 0 aliphatic carbocycles. The van der Waals surface area contributed by atoms with Crippen molar-refractivity contribution in [1.29, 1.82) is 0 Å². The van der Waals surface area contributed by atoms with E-state index in [1.165, 1.54) is 35.2 Å². The molecule has 0 bridgehead atoms. The smallest absolute Gasteiger partial charge is 0.410 e. The molecule has 1 aromatic carbocycles. The maximum atomic E-state index is 14.4. The number of carbonyl (C=O) groups is 2. The molecule has 0 radical (unpaired) electrons. The fourth-order valence-corrected chi connectivity index (χ4v) is 3.20. The van der Waals surface area contributed by atoms with E-state index in [-0.39, 0.29) is 18.6 Å². The molecule has 1 amide bonds. The number of benzene rings is 1. The van der Waals surface area contributed by atoms with Crippen LogP contribution < -0.4 is 0 Å². The zero-order valence-electron chi connectivity index (χ0n) is 16.2. The lowest BCUT2D eigenvalue weighted by atomic mass is 10.0. The van der Waals surface area contributed by atoms with Gasteiger partial charge in [0.25, 0.3) is 0 Å². The van der Waals surface area contributed by atoms with Gasteiger partial charge in [-0.1, -0.05) is 55.3 Å². The second-order valence-electron chi connectivity index (χ2n) is 7.04. The molecule has 1 heterocycles. The van der Waals surface area contributed by atoms with Crippen LogP contribution >= 0.6 is 0 Å². The Kier molecular flexibility index (Phi) is 8.57. The van der Waals surface area contributed by atoms with Gasteiger partial charge in [-0.25, -0.2) is 4.79 Å². The number of ether oxygens (including phenoxy) is 1. The van der Waals surface area contributed by atoms with Crippen LogP contribution in [-0.4, -0.2) is 52.5 Å². The van der Waals surface area contributed by atoms with Crippen LogP contribution in [-0.2, 0) is 15.5 Å². The van der Waals surface area contributed by atoms with E-state index in [2.05, 4.69) is 0 Å². The Morgan fingerprint density at radius 3 is 2.62 bits per heavy atom. The molecule has 8 heteroatoms. The van der Waals surface area contributed by atoms with Gasteiger partial charge in [0, 0.05) is 24.9 Å². The number of alkyl halides is 2. The minimum Gasteiger partial charge on any atom is -0.481 e. The molecular formula is C21H27F2NO5. The topological polar surface area (TPSA) is 87.1 Å². The van der Waals surface area contributed by atoms with E-state index in [9.17, 15) is 23.5 Å². The number of carboxylic acids is 1. The molecule has 0 aromatic heterocycles. The molecule has 2 atom stereocenters. The number of carboxylic acid groups (broad SMARTS) is 1. The standard InChI is InChI=1S/C21H27F2NO5/c22-21(23,16-8-4-3-5-9-16)18(25)12-11-17-13-15-29-20(28)24(17)14-7-2-1-6-10-19(26)27/h3-5,8-9,11-12,17-18,25H,1-2,6-7,10,13-15H2,(H,26,27)/b12-11+/t17-,18+/m0/s1. The van der Waals surface area contributed by atoms with Crippen molar-refractivity contribution < 1.29 is 33.3 Å². The third-order valence-corrected chi connectivity index (χ3v) is 4.86. The van der Waals surface area contributed by atoms with Crippen LogP contribution in [0.1, 0.15) is 44.1 Å². The highest BCUT2D eigenvalue weighted by Crippen LogP contribution is 2.32. The predicted molar refractivity (Wildman–Crippen MR) is 103 cm³/mol. The van der Waals surface area contributed by atoms with Gasteiger partial charge in [-0.2, -0.15) is 8.78 Å². The Morgan fingerprint density at radius 2 is 1.93 bits per heavy atom. The van der Waals surface area contributed by atoms with E-state index in [1.54, 1.807) is 6.07 Å². The summed E-state index contributed by atoms with van der Waals surface area (Å²) in [5, 5.41) is 18.6. The third kappa shape index (κ3) is 6.81. The second kappa shape index (κ2) is 10.9. The molecule has 1 aromatic rings. The summed E-state index contributed by atoms with van der Waals surface area (Å²) in [7, 11) is 0. The average molecular weight is 411 g/mol. The molecule has 0 unspecified atom stereocenters. The summed E-state index contributed by atoms with van der Waals surface area (Å²) in [6.07, 6.45) is 3.23. The molecular weight excluding hydrogens is 384 g/mol. The molecule has 0 spiro atoms. The molecule has 1 aliphatic heterocycles. The number of cyclic esters (lactones) is 1. The summed E-state index contributed by atoms with van der Waals surface area (Å²) in [4.78, 5) is 24.0. The summed E-state index contributed by atoms with van der Waals surface area (Å²) >= 11 is 0. The predicted octanol–water partition coefficient (Wildman–Crippen LogP) is 3.94. The minimum absolute atomic E-state index is 0.116. The van der Waals surface area contributed by atoms with E-state index in [0.717, 1.165) is 18.9 Å². The normalized spacial score (nSPS) is 18.7. The number of halogens is 2. The molecule has 0 saturated carbocycles. The van der Waals surface area contributed by atoms with Crippen LogP contribution in [0.4, 0.5) is 13.6 Å². The Balaban J connectivity index is 1.92. The maximum absolute atomic E-state index is 14.4. The Bertz CT molecular complexity index is 696. The highest BCUT2D eigenvalue weighted by atomic mass is 19.3. The molecule has 2 N–H and O–H groups in total. The van der Waals surface area contributed by atoms with Gasteiger partial charge in [0.1, 0.15) is 6.10 Å². The number of carbonyl (C=O) groups excluding carboxylic acids is 1. The molecule has 29 heavy (non-hydrogen) atoms. The largest absolute Gasteiger partial charge is 0.481 e. The summed E-state index contributed by atoms with van der Waals surface area (Å²) in [5.41, 5.74) is -0.279. The van der Waals surface area contributed by atoms with Gasteiger partial charge in [-0.3, -0.25) is 4.79 Å². The van der Waals surface area contributed by atoms with Crippen LogP contribution in [0, 0.1) is 0 Å². The SMILES string of the molecule is O=C(O)CCCCCCN1C(=O)OCC[C@@H]1/C=C/[C@@H](O)C(F)(F)c1ccccc1. The lowest BCUT2D eigenvalue weighted by molar-refractivity contribution is -0.137. The van der Waals surface area contributed by atoms with Gasteiger partial charge in [-0.15, -0.1) is 0 Å². The van der Waals surface area contributed by atoms with E-state index in [1.807, 2.05) is 0 Å². The first-order valence-corrected chi connectivity index (χ1v) is 9.77. The van der Waals surface area contributed by atoms with E-state index in [0.29, 0.717) is 25.8 Å². The number of rotatable bonds is 11. The fourth-order valence-electron chi connectivity index (χ4n) is 3.20. The summed E-state index contributed by atoms with van der Waals surface area (Å²) in [6.45, 7) is 0.570. The first-order chi connectivity index (χ1) is 13.8. The highest BCUT2D eigenvalue weighted by molar-refractivity contribution is 5.69. The molecule has 1 fully saturated rings. The van der Waals surface area contributed by atoms with Crippen LogP contribution in [0.2, 0.25) is 0 Å². The number of unbranched alkanes of at least 4 members (excludes halogenated alkanes) is 3. The minimum atomic E-state index is -3.44. The second-order valence-corrected chi connectivity index (χ2v) is 7.04. The molecule has 1 aliphatic rings. The quantitative estimate of drug-likeness (QED) is 0.425. The zero-order chi connectivity index (χ0) is 21.3. The Labute approximate surface area is 168 Å². The van der Waals surface area contributed by atoms with Crippen molar-refractivity contribution in [3.8, 4) is 0 Å².